The zero-order valence-corrected chi connectivity index (χ0v) is 11.0. The van der Waals surface area contributed by atoms with Crippen molar-refractivity contribution in [1.82, 2.24) is 10.2 Å². The van der Waals surface area contributed by atoms with E-state index in [-0.39, 0.29) is 23.8 Å². The molecule has 0 radical (unpaired) electrons. The Labute approximate surface area is 107 Å². The minimum absolute atomic E-state index is 0.00556. The number of hydrogen-bond acceptors (Lipinski definition) is 2. The first kappa shape index (κ1) is 13.0. The van der Waals surface area contributed by atoms with Crippen LogP contribution in [0, 0.1) is 12.7 Å². The Morgan fingerprint density at radius 2 is 1.94 bits per heavy atom. The Hall–Kier alpha value is -1.42. The van der Waals surface area contributed by atoms with Crippen LogP contribution in [0.1, 0.15) is 29.8 Å². The standard InChI is InChI=1S/C14H19FN2O/c1-9-6-12(15)4-5-13(9)14(18)17-10(2)7-16-8-11(17)3/h4-6,10-11,16H,7-8H2,1-3H3. The van der Waals surface area contributed by atoms with Gasteiger partial charge in [-0.15, -0.1) is 0 Å². The van der Waals surface area contributed by atoms with E-state index in [0.29, 0.717) is 11.1 Å². The highest BCUT2D eigenvalue weighted by Gasteiger charge is 2.30. The molecule has 2 unspecified atom stereocenters. The van der Waals surface area contributed by atoms with Crippen molar-refractivity contribution in [3.63, 3.8) is 0 Å². The summed E-state index contributed by atoms with van der Waals surface area (Å²) in [5.74, 6) is -0.306. The molecule has 0 aromatic heterocycles. The topological polar surface area (TPSA) is 32.3 Å². The molecule has 1 fully saturated rings. The van der Waals surface area contributed by atoms with Crippen molar-refractivity contribution in [2.24, 2.45) is 0 Å². The first-order chi connectivity index (χ1) is 8.50. The molecular formula is C14H19FN2O. The summed E-state index contributed by atoms with van der Waals surface area (Å²) in [6.07, 6.45) is 0. The molecule has 0 saturated carbocycles. The minimum Gasteiger partial charge on any atom is -0.331 e. The van der Waals surface area contributed by atoms with Gasteiger partial charge < -0.3 is 10.2 Å². The SMILES string of the molecule is Cc1cc(F)ccc1C(=O)N1C(C)CNCC1C. The number of rotatable bonds is 1. The highest BCUT2D eigenvalue weighted by molar-refractivity contribution is 5.96. The van der Waals surface area contributed by atoms with Gasteiger partial charge in [0.1, 0.15) is 5.82 Å². The van der Waals surface area contributed by atoms with Crippen molar-refractivity contribution in [3.05, 3.63) is 35.1 Å². The van der Waals surface area contributed by atoms with Crippen LogP contribution >= 0.6 is 0 Å². The summed E-state index contributed by atoms with van der Waals surface area (Å²) < 4.78 is 13.1. The number of amides is 1. The molecule has 18 heavy (non-hydrogen) atoms. The third kappa shape index (κ3) is 2.38. The maximum absolute atomic E-state index is 13.1. The lowest BCUT2D eigenvalue weighted by Crippen LogP contribution is -2.57. The van der Waals surface area contributed by atoms with Gasteiger partial charge in [0, 0.05) is 30.7 Å². The van der Waals surface area contributed by atoms with E-state index in [1.54, 1.807) is 13.0 Å². The summed E-state index contributed by atoms with van der Waals surface area (Å²) in [7, 11) is 0. The molecule has 1 aliphatic heterocycles. The third-order valence-corrected chi connectivity index (χ3v) is 3.48. The fourth-order valence-electron chi connectivity index (χ4n) is 2.54. The number of carbonyl (C=O) groups excluding carboxylic acids is 1. The molecule has 1 saturated heterocycles. The zero-order chi connectivity index (χ0) is 13.3. The van der Waals surface area contributed by atoms with Gasteiger partial charge in [-0.25, -0.2) is 4.39 Å². The second kappa shape index (κ2) is 5.06. The number of hydrogen-bond donors (Lipinski definition) is 1. The Kier molecular flexibility index (Phi) is 3.66. The predicted octanol–water partition coefficient (Wildman–Crippen LogP) is 1.96. The largest absolute Gasteiger partial charge is 0.331 e. The van der Waals surface area contributed by atoms with Crippen molar-refractivity contribution in [2.45, 2.75) is 32.9 Å². The van der Waals surface area contributed by atoms with Gasteiger partial charge in [-0.05, 0) is 44.5 Å². The Morgan fingerprint density at radius 3 is 2.50 bits per heavy atom. The van der Waals surface area contributed by atoms with E-state index in [0.717, 1.165) is 13.1 Å². The number of carbonyl (C=O) groups is 1. The van der Waals surface area contributed by atoms with Gasteiger partial charge in [0.25, 0.3) is 5.91 Å². The minimum atomic E-state index is -0.301. The number of nitrogens with zero attached hydrogens (tertiary/aromatic N) is 1. The molecule has 0 aliphatic carbocycles. The number of benzene rings is 1. The van der Waals surface area contributed by atoms with E-state index in [2.05, 4.69) is 5.32 Å². The van der Waals surface area contributed by atoms with Crippen LogP contribution < -0.4 is 5.32 Å². The highest BCUT2D eigenvalue weighted by Crippen LogP contribution is 2.18. The average Bonchev–Trinajstić information content (AvgIpc) is 2.28. The Bertz CT molecular complexity index is 451. The summed E-state index contributed by atoms with van der Waals surface area (Å²) in [5.41, 5.74) is 1.29. The maximum atomic E-state index is 13.1. The fraction of sp³-hybridized carbons (Fsp3) is 0.500. The smallest absolute Gasteiger partial charge is 0.254 e. The maximum Gasteiger partial charge on any atom is 0.254 e. The molecule has 1 aromatic rings. The van der Waals surface area contributed by atoms with E-state index < -0.39 is 0 Å². The van der Waals surface area contributed by atoms with Crippen molar-refractivity contribution in [2.75, 3.05) is 13.1 Å². The van der Waals surface area contributed by atoms with Crippen LogP contribution in [0.2, 0.25) is 0 Å². The van der Waals surface area contributed by atoms with E-state index in [9.17, 15) is 9.18 Å². The van der Waals surface area contributed by atoms with Crippen LogP contribution in [0.15, 0.2) is 18.2 Å². The lowest BCUT2D eigenvalue weighted by atomic mass is 10.0. The van der Waals surface area contributed by atoms with E-state index in [1.165, 1.54) is 12.1 Å². The highest BCUT2D eigenvalue weighted by atomic mass is 19.1. The first-order valence-corrected chi connectivity index (χ1v) is 6.30. The van der Waals surface area contributed by atoms with E-state index in [4.69, 9.17) is 0 Å². The molecular weight excluding hydrogens is 231 g/mol. The molecule has 1 amide bonds. The van der Waals surface area contributed by atoms with Gasteiger partial charge in [-0.3, -0.25) is 4.79 Å². The van der Waals surface area contributed by atoms with Crippen molar-refractivity contribution in [1.29, 1.82) is 0 Å². The quantitative estimate of drug-likeness (QED) is 0.826. The monoisotopic (exact) mass is 250 g/mol. The molecule has 1 N–H and O–H groups in total. The average molecular weight is 250 g/mol. The molecule has 2 rings (SSSR count). The lowest BCUT2D eigenvalue weighted by molar-refractivity contribution is 0.0543. The summed E-state index contributed by atoms with van der Waals surface area (Å²) in [4.78, 5) is 14.4. The van der Waals surface area contributed by atoms with Gasteiger partial charge in [0.15, 0.2) is 0 Å². The molecule has 2 atom stereocenters. The summed E-state index contributed by atoms with van der Waals surface area (Å²) in [6.45, 7) is 7.43. The van der Waals surface area contributed by atoms with Gasteiger partial charge in [-0.1, -0.05) is 0 Å². The molecule has 4 heteroatoms. The van der Waals surface area contributed by atoms with Gasteiger partial charge >= 0.3 is 0 Å². The van der Waals surface area contributed by atoms with Crippen LogP contribution in [0.5, 0.6) is 0 Å². The molecule has 98 valence electrons. The second-order valence-electron chi connectivity index (χ2n) is 5.03. The van der Waals surface area contributed by atoms with Crippen LogP contribution in [-0.4, -0.2) is 36.0 Å². The van der Waals surface area contributed by atoms with E-state index in [1.807, 2.05) is 18.7 Å². The molecule has 1 aromatic carbocycles. The lowest BCUT2D eigenvalue weighted by Gasteiger charge is -2.39. The first-order valence-electron chi connectivity index (χ1n) is 6.30. The second-order valence-corrected chi connectivity index (χ2v) is 5.03. The zero-order valence-electron chi connectivity index (χ0n) is 11.0. The normalized spacial score (nSPS) is 24.1. The van der Waals surface area contributed by atoms with Gasteiger partial charge in [-0.2, -0.15) is 0 Å². The molecule has 1 heterocycles. The number of piperazine rings is 1. The van der Waals surface area contributed by atoms with Crippen molar-refractivity contribution in [3.8, 4) is 0 Å². The van der Waals surface area contributed by atoms with Crippen LogP contribution in [-0.2, 0) is 0 Å². The Balaban J connectivity index is 2.29. The number of halogens is 1. The number of aryl methyl sites for hydroxylation is 1. The van der Waals surface area contributed by atoms with E-state index >= 15 is 0 Å². The van der Waals surface area contributed by atoms with Crippen molar-refractivity contribution < 1.29 is 9.18 Å². The van der Waals surface area contributed by atoms with Crippen molar-refractivity contribution >= 4 is 5.91 Å². The van der Waals surface area contributed by atoms with Gasteiger partial charge in [0.05, 0.1) is 0 Å². The predicted molar refractivity (Wildman–Crippen MR) is 69.1 cm³/mol. The molecule has 3 nitrogen and oxygen atoms in total. The molecule has 0 spiro atoms. The summed E-state index contributed by atoms with van der Waals surface area (Å²) in [6, 6.07) is 4.65. The Morgan fingerprint density at radius 1 is 1.33 bits per heavy atom. The summed E-state index contributed by atoms with van der Waals surface area (Å²) >= 11 is 0. The van der Waals surface area contributed by atoms with Crippen LogP contribution in [0.3, 0.4) is 0 Å². The molecule has 1 aliphatic rings. The van der Waals surface area contributed by atoms with Crippen LogP contribution in [0.4, 0.5) is 4.39 Å². The molecule has 0 bridgehead atoms. The van der Waals surface area contributed by atoms with Crippen LogP contribution in [0.25, 0.3) is 0 Å². The number of nitrogens with one attached hydrogen (secondary N) is 1. The summed E-state index contributed by atoms with van der Waals surface area (Å²) in [5, 5.41) is 3.29. The fourth-order valence-corrected chi connectivity index (χ4v) is 2.54. The van der Waals surface area contributed by atoms with Gasteiger partial charge in [0.2, 0.25) is 0 Å². The third-order valence-electron chi connectivity index (χ3n) is 3.48.